The van der Waals surface area contributed by atoms with Crippen LogP contribution in [-0.2, 0) is 0 Å². The fourth-order valence-electron chi connectivity index (χ4n) is 3.17. The summed E-state index contributed by atoms with van der Waals surface area (Å²) in [5.74, 6) is 0.746. The van der Waals surface area contributed by atoms with Gasteiger partial charge in [0.05, 0.1) is 12.7 Å². The first kappa shape index (κ1) is 17.5. The maximum Gasteiger partial charge on any atom is 0.275 e. The minimum Gasteiger partial charge on any atom is -0.496 e. The Labute approximate surface area is 152 Å². The molecule has 25 heavy (non-hydrogen) atoms. The Morgan fingerprint density at radius 2 is 1.88 bits per heavy atom. The summed E-state index contributed by atoms with van der Waals surface area (Å²) in [6, 6.07) is 15.5. The van der Waals surface area contributed by atoms with Crippen LogP contribution in [0.2, 0.25) is 5.02 Å². The van der Waals surface area contributed by atoms with E-state index in [2.05, 4.69) is 34.8 Å². The number of methoxy groups -OCH3 is 1. The molecule has 1 saturated carbocycles. The van der Waals surface area contributed by atoms with E-state index < -0.39 is 0 Å². The number of hydrogen-bond acceptors (Lipinski definition) is 3. The van der Waals surface area contributed by atoms with Crippen molar-refractivity contribution in [3.05, 3.63) is 64.7 Å². The van der Waals surface area contributed by atoms with E-state index in [0.717, 1.165) is 31.4 Å². The van der Waals surface area contributed by atoms with Crippen molar-refractivity contribution in [2.75, 3.05) is 7.11 Å². The van der Waals surface area contributed by atoms with Crippen molar-refractivity contribution >= 4 is 23.2 Å². The zero-order valence-corrected chi connectivity index (χ0v) is 14.9. The zero-order chi connectivity index (χ0) is 17.6. The van der Waals surface area contributed by atoms with Crippen molar-refractivity contribution in [1.82, 2.24) is 5.43 Å². The maximum absolute atomic E-state index is 12.3. The second kappa shape index (κ2) is 8.17. The molecule has 0 saturated heterocycles. The SMILES string of the molecule is COc1ccc(Cl)cc1C(=O)NN=C1CCC(c2ccccc2)CC1. The molecule has 130 valence electrons. The highest BCUT2D eigenvalue weighted by Crippen LogP contribution is 2.31. The average molecular weight is 357 g/mol. The highest BCUT2D eigenvalue weighted by atomic mass is 35.5. The number of nitrogens with one attached hydrogen (secondary N) is 1. The maximum atomic E-state index is 12.3. The lowest BCUT2D eigenvalue weighted by Crippen LogP contribution is -2.22. The number of hydrogen-bond donors (Lipinski definition) is 1. The second-order valence-corrected chi connectivity index (χ2v) is 6.58. The van der Waals surface area contributed by atoms with E-state index in [0.29, 0.717) is 22.3 Å². The molecule has 1 fully saturated rings. The standard InChI is InChI=1S/C20H21ClN2O2/c1-25-19-12-9-16(21)13-18(19)20(24)23-22-17-10-7-15(8-11-17)14-5-3-2-4-6-14/h2-6,9,12-13,15H,7-8,10-11H2,1H3,(H,23,24). The van der Waals surface area contributed by atoms with Gasteiger partial charge in [-0.05, 0) is 55.4 Å². The monoisotopic (exact) mass is 356 g/mol. The van der Waals surface area contributed by atoms with E-state index in [9.17, 15) is 4.79 Å². The topological polar surface area (TPSA) is 50.7 Å². The molecule has 0 radical (unpaired) electrons. The van der Waals surface area contributed by atoms with Gasteiger partial charge in [-0.3, -0.25) is 4.79 Å². The first-order valence-electron chi connectivity index (χ1n) is 8.41. The smallest absolute Gasteiger partial charge is 0.275 e. The average Bonchev–Trinajstić information content (AvgIpc) is 2.67. The minimum absolute atomic E-state index is 0.308. The number of ether oxygens (including phenoxy) is 1. The van der Waals surface area contributed by atoms with Gasteiger partial charge in [-0.2, -0.15) is 5.10 Å². The summed E-state index contributed by atoms with van der Waals surface area (Å²) in [6.07, 6.45) is 3.90. The molecule has 0 heterocycles. The molecule has 1 N–H and O–H groups in total. The Kier molecular flexibility index (Phi) is 5.71. The summed E-state index contributed by atoms with van der Waals surface area (Å²) in [6.45, 7) is 0. The Morgan fingerprint density at radius 3 is 2.56 bits per heavy atom. The van der Waals surface area contributed by atoms with Gasteiger partial charge in [0.25, 0.3) is 5.91 Å². The first-order chi connectivity index (χ1) is 12.2. The number of amides is 1. The largest absolute Gasteiger partial charge is 0.496 e. The van der Waals surface area contributed by atoms with Crippen molar-refractivity contribution in [2.45, 2.75) is 31.6 Å². The van der Waals surface area contributed by atoms with E-state index in [1.165, 1.54) is 12.7 Å². The van der Waals surface area contributed by atoms with Gasteiger partial charge >= 0.3 is 0 Å². The van der Waals surface area contributed by atoms with Crippen LogP contribution in [0.3, 0.4) is 0 Å². The van der Waals surface area contributed by atoms with Crippen molar-refractivity contribution in [3.63, 3.8) is 0 Å². The van der Waals surface area contributed by atoms with Crippen LogP contribution < -0.4 is 10.2 Å². The van der Waals surface area contributed by atoms with Crippen molar-refractivity contribution in [3.8, 4) is 5.75 Å². The van der Waals surface area contributed by atoms with E-state index in [1.54, 1.807) is 18.2 Å². The normalized spacial score (nSPS) is 17.0. The quantitative estimate of drug-likeness (QED) is 0.800. The number of benzene rings is 2. The summed E-state index contributed by atoms with van der Waals surface area (Å²) in [7, 11) is 1.52. The number of nitrogens with zero attached hydrogens (tertiary/aromatic N) is 1. The van der Waals surface area contributed by atoms with Gasteiger partial charge in [0.1, 0.15) is 5.75 Å². The van der Waals surface area contributed by atoms with Gasteiger partial charge in [-0.15, -0.1) is 0 Å². The van der Waals surface area contributed by atoms with E-state index in [-0.39, 0.29) is 5.91 Å². The molecule has 2 aromatic rings. The van der Waals surface area contributed by atoms with Crippen molar-refractivity contribution < 1.29 is 9.53 Å². The molecule has 5 heteroatoms. The molecule has 2 aromatic carbocycles. The Bertz CT molecular complexity index is 765. The molecule has 1 aliphatic rings. The lowest BCUT2D eigenvalue weighted by atomic mass is 9.83. The van der Waals surface area contributed by atoms with Crippen LogP contribution in [0.25, 0.3) is 0 Å². The summed E-state index contributed by atoms with van der Waals surface area (Å²) in [4.78, 5) is 12.3. The zero-order valence-electron chi connectivity index (χ0n) is 14.2. The highest BCUT2D eigenvalue weighted by molar-refractivity contribution is 6.31. The Balaban J connectivity index is 1.60. The fraction of sp³-hybridized carbons (Fsp3) is 0.300. The molecule has 3 rings (SSSR count). The van der Waals surface area contributed by atoms with Gasteiger partial charge in [-0.1, -0.05) is 41.9 Å². The number of rotatable bonds is 4. The van der Waals surface area contributed by atoms with Gasteiger partial charge < -0.3 is 4.74 Å². The van der Waals surface area contributed by atoms with E-state index in [1.807, 2.05) is 6.07 Å². The third-order valence-electron chi connectivity index (χ3n) is 4.56. The molecular weight excluding hydrogens is 336 g/mol. The fourth-order valence-corrected chi connectivity index (χ4v) is 3.34. The number of carbonyl (C=O) groups excluding carboxylic acids is 1. The van der Waals surface area contributed by atoms with Gasteiger partial charge in [-0.25, -0.2) is 5.43 Å². The lowest BCUT2D eigenvalue weighted by molar-refractivity contribution is 0.0951. The molecule has 0 aliphatic heterocycles. The third kappa shape index (κ3) is 4.40. The minimum atomic E-state index is -0.308. The lowest BCUT2D eigenvalue weighted by Gasteiger charge is -2.23. The van der Waals surface area contributed by atoms with Crippen molar-refractivity contribution in [2.24, 2.45) is 5.10 Å². The van der Waals surface area contributed by atoms with Gasteiger partial charge in [0, 0.05) is 10.7 Å². The van der Waals surface area contributed by atoms with Crippen LogP contribution in [0.5, 0.6) is 5.75 Å². The van der Waals surface area contributed by atoms with Crippen LogP contribution in [-0.4, -0.2) is 18.7 Å². The Morgan fingerprint density at radius 1 is 1.16 bits per heavy atom. The van der Waals surface area contributed by atoms with E-state index >= 15 is 0 Å². The van der Waals surface area contributed by atoms with Crippen LogP contribution in [0, 0.1) is 0 Å². The number of hydrazone groups is 1. The molecule has 0 unspecified atom stereocenters. The van der Waals surface area contributed by atoms with Crippen LogP contribution in [0.15, 0.2) is 53.6 Å². The third-order valence-corrected chi connectivity index (χ3v) is 4.79. The predicted molar refractivity (Wildman–Crippen MR) is 101 cm³/mol. The second-order valence-electron chi connectivity index (χ2n) is 6.15. The number of halogens is 1. The summed E-state index contributed by atoms with van der Waals surface area (Å²) < 4.78 is 5.21. The Hall–Kier alpha value is -2.33. The van der Waals surface area contributed by atoms with E-state index in [4.69, 9.17) is 16.3 Å². The molecule has 0 atom stereocenters. The van der Waals surface area contributed by atoms with Crippen LogP contribution in [0.1, 0.15) is 47.5 Å². The highest BCUT2D eigenvalue weighted by Gasteiger charge is 2.19. The summed E-state index contributed by atoms with van der Waals surface area (Å²) in [5, 5.41) is 4.80. The summed E-state index contributed by atoms with van der Waals surface area (Å²) >= 11 is 5.97. The molecule has 0 bridgehead atoms. The van der Waals surface area contributed by atoms with Crippen LogP contribution in [0.4, 0.5) is 0 Å². The first-order valence-corrected chi connectivity index (χ1v) is 8.79. The molecule has 0 aromatic heterocycles. The van der Waals surface area contributed by atoms with Gasteiger partial charge in [0.15, 0.2) is 0 Å². The molecule has 1 aliphatic carbocycles. The van der Waals surface area contributed by atoms with Gasteiger partial charge in [0.2, 0.25) is 0 Å². The molecule has 0 spiro atoms. The van der Waals surface area contributed by atoms with Crippen molar-refractivity contribution in [1.29, 1.82) is 0 Å². The molecule has 1 amide bonds. The molecular formula is C20H21ClN2O2. The number of carbonyl (C=O) groups is 1. The predicted octanol–water partition coefficient (Wildman–Crippen LogP) is 4.79. The molecule has 4 nitrogen and oxygen atoms in total. The summed E-state index contributed by atoms with van der Waals surface area (Å²) in [5.41, 5.74) is 5.43. The van der Waals surface area contributed by atoms with Crippen LogP contribution >= 0.6 is 11.6 Å².